The fraction of sp³-hybridized carbons (Fsp3) is 0.318. The number of para-hydroxylation sites is 3. The lowest BCUT2D eigenvalue weighted by molar-refractivity contribution is -0.131. The van der Waals surface area contributed by atoms with E-state index in [0.29, 0.717) is 5.75 Å². The first kappa shape index (κ1) is 20.4. The zero-order chi connectivity index (χ0) is 20.8. The SMILES string of the molecule is CC(C)C(NC(=O)COc1ccccc1)C(=O)NCc1nc2ccccc2n1C. The third kappa shape index (κ3) is 5.13. The van der Waals surface area contributed by atoms with E-state index in [9.17, 15) is 9.59 Å². The Morgan fingerprint density at radius 2 is 1.76 bits per heavy atom. The minimum absolute atomic E-state index is 0.0730. The van der Waals surface area contributed by atoms with E-state index in [1.165, 1.54) is 0 Å². The number of benzene rings is 2. The van der Waals surface area contributed by atoms with Crippen molar-refractivity contribution in [2.75, 3.05) is 6.61 Å². The molecule has 0 spiro atoms. The average molecular weight is 394 g/mol. The smallest absolute Gasteiger partial charge is 0.258 e. The highest BCUT2D eigenvalue weighted by Crippen LogP contribution is 2.14. The Bertz CT molecular complexity index is 982. The molecule has 0 bridgehead atoms. The predicted octanol–water partition coefficient (Wildman–Crippen LogP) is 2.41. The average Bonchev–Trinajstić information content (AvgIpc) is 3.05. The second-order valence-corrected chi connectivity index (χ2v) is 7.18. The number of carbonyl (C=O) groups excluding carboxylic acids is 2. The van der Waals surface area contributed by atoms with Gasteiger partial charge < -0.3 is 19.9 Å². The summed E-state index contributed by atoms with van der Waals surface area (Å²) in [6, 6.07) is 16.2. The summed E-state index contributed by atoms with van der Waals surface area (Å²) in [6.45, 7) is 3.91. The maximum Gasteiger partial charge on any atom is 0.258 e. The molecule has 2 N–H and O–H groups in total. The molecule has 1 heterocycles. The van der Waals surface area contributed by atoms with Gasteiger partial charge in [0.25, 0.3) is 5.91 Å². The van der Waals surface area contributed by atoms with Crippen molar-refractivity contribution in [3.8, 4) is 5.75 Å². The van der Waals surface area contributed by atoms with E-state index in [2.05, 4.69) is 15.6 Å². The molecule has 152 valence electrons. The van der Waals surface area contributed by atoms with Crippen molar-refractivity contribution in [2.24, 2.45) is 13.0 Å². The van der Waals surface area contributed by atoms with E-state index in [0.717, 1.165) is 16.9 Å². The molecule has 0 aliphatic rings. The van der Waals surface area contributed by atoms with Gasteiger partial charge in [-0.1, -0.05) is 44.2 Å². The van der Waals surface area contributed by atoms with Crippen molar-refractivity contribution in [3.63, 3.8) is 0 Å². The van der Waals surface area contributed by atoms with Gasteiger partial charge in [-0.3, -0.25) is 9.59 Å². The summed E-state index contributed by atoms with van der Waals surface area (Å²) in [6.07, 6.45) is 0. The van der Waals surface area contributed by atoms with Crippen LogP contribution in [0.15, 0.2) is 54.6 Å². The van der Waals surface area contributed by atoms with E-state index in [1.54, 1.807) is 12.1 Å². The minimum atomic E-state index is -0.656. The Morgan fingerprint density at radius 1 is 1.07 bits per heavy atom. The lowest BCUT2D eigenvalue weighted by Gasteiger charge is -2.21. The largest absolute Gasteiger partial charge is 0.484 e. The van der Waals surface area contributed by atoms with Crippen LogP contribution < -0.4 is 15.4 Å². The molecule has 0 aliphatic heterocycles. The van der Waals surface area contributed by atoms with Crippen molar-refractivity contribution < 1.29 is 14.3 Å². The summed E-state index contributed by atoms with van der Waals surface area (Å²) in [7, 11) is 1.92. The van der Waals surface area contributed by atoms with Crippen molar-refractivity contribution >= 4 is 22.8 Å². The lowest BCUT2D eigenvalue weighted by Crippen LogP contribution is -2.50. The van der Waals surface area contributed by atoms with Crippen LogP contribution >= 0.6 is 0 Å². The third-order valence-electron chi connectivity index (χ3n) is 4.68. The van der Waals surface area contributed by atoms with Gasteiger partial charge in [0.15, 0.2) is 6.61 Å². The van der Waals surface area contributed by atoms with Gasteiger partial charge >= 0.3 is 0 Å². The molecule has 0 radical (unpaired) electrons. The number of ether oxygens (including phenoxy) is 1. The van der Waals surface area contributed by atoms with Crippen LogP contribution in [0.5, 0.6) is 5.75 Å². The van der Waals surface area contributed by atoms with Gasteiger partial charge in [-0.05, 0) is 30.2 Å². The molecular weight excluding hydrogens is 368 g/mol. The molecule has 7 nitrogen and oxygen atoms in total. The fourth-order valence-electron chi connectivity index (χ4n) is 3.05. The van der Waals surface area contributed by atoms with Gasteiger partial charge in [-0.2, -0.15) is 0 Å². The monoisotopic (exact) mass is 394 g/mol. The summed E-state index contributed by atoms with van der Waals surface area (Å²) in [5.41, 5.74) is 1.88. The maximum absolute atomic E-state index is 12.7. The zero-order valence-corrected chi connectivity index (χ0v) is 16.9. The zero-order valence-electron chi connectivity index (χ0n) is 16.9. The molecule has 0 fully saturated rings. The molecule has 0 aliphatic carbocycles. The number of nitrogens with one attached hydrogen (secondary N) is 2. The second kappa shape index (κ2) is 9.23. The Morgan fingerprint density at radius 3 is 2.45 bits per heavy atom. The van der Waals surface area contributed by atoms with E-state index in [-0.39, 0.29) is 30.9 Å². The van der Waals surface area contributed by atoms with Crippen LogP contribution in [-0.4, -0.2) is 34.0 Å². The molecule has 2 amide bonds. The van der Waals surface area contributed by atoms with Crippen LogP contribution in [0.25, 0.3) is 11.0 Å². The summed E-state index contributed by atoms with van der Waals surface area (Å²) in [4.78, 5) is 29.5. The van der Waals surface area contributed by atoms with Gasteiger partial charge in [0.2, 0.25) is 5.91 Å². The number of rotatable bonds is 8. The molecule has 7 heteroatoms. The number of nitrogens with zero attached hydrogens (tertiary/aromatic N) is 2. The summed E-state index contributed by atoms with van der Waals surface area (Å²) < 4.78 is 7.40. The van der Waals surface area contributed by atoms with Crippen molar-refractivity contribution in [2.45, 2.75) is 26.4 Å². The van der Waals surface area contributed by atoms with Gasteiger partial charge in [0.05, 0.1) is 17.6 Å². The first-order valence-electron chi connectivity index (χ1n) is 9.61. The quantitative estimate of drug-likeness (QED) is 0.614. The molecule has 3 rings (SSSR count). The highest BCUT2D eigenvalue weighted by Gasteiger charge is 2.24. The predicted molar refractivity (Wildman–Crippen MR) is 111 cm³/mol. The van der Waals surface area contributed by atoms with Gasteiger partial charge in [0, 0.05) is 7.05 Å². The molecule has 1 aromatic heterocycles. The van der Waals surface area contributed by atoms with Crippen molar-refractivity contribution in [1.29, 1.82) is 0 Å². The Kier molecular flexibility index (Phi) is 6.49. The van der Waals surface area contributed by atoms with E-state index < -0.39 is 6.04 Å². The van der Waals surface area contributed by atoms with Gasteiger partial charge in [0.1, 0.15) is 17.6 Å². The van der Waals surface area contributed by atoms with E-state index in [4.69, 9.17) is 4.74 Å². The molecule has 2 aromatic carbocycles. The van der Waals surface area contributed by atoms with E-state index >= 15 is 0 Å². The highest BCUT2D eigenvalue weighted by atomic mass is 16.5. The Balaban J connectivity index is 1.57. The van der Waals surface area contributed by atoms with Gasteiger partial charge in [-0.25, -0.2) is 4.98 Å². The number of aryl methyl sites for hydroxylation is 1. The van der Waals surface area contributed by atoms with Crippen LogP contribution in [0.3, 0.4) is 0 Å². The minimum Gasteiger partial charge on any atom is -0.484 e. The Labute approximate surface area is 170 Å². The first-order chi connectivity index (χ1) is 14.0. The van der Waals surface area contributed by atoms with Crippen LogP contribution in [0.1, 0.15) is 19.7 Å². The standard InChI is InChI=1S/C22H26N4O3/c1-15(2)21(25-20(27)14-29-16-9-5-4-6-10-16)22(28)23-13-19-24-17-11-7-8-12-18(17)26(19)3/h4-12,15,21H,13-14H2,1-3H3,(H,23,28)(H,25,27). The van der Waals surface area contributed by atoms with Crippen LogP contribution in [0.4, 0.5) is 0 Å². The number of hydrogen-bond acceptors (Lipinski definition) is 4. The topological polar surface area (TPSA) is 85.2 Å². The molecule has 1 atom stereocenters. The number of fused-ring (bicyclic) bond motifs is 1. The van der Waals surface area contributed by atoms with Gasteiger partial charge in [-0.15, -0.1) is 0 Å². The molecule has 1 unspecified atom stereocenters. The Hall–Kier alpha value is -3.35. The second-order valence-electron chi connectivity index (χ2n) is 7.18. The molecular formula is C22H26N4O3. The highest BCUT2D eigenvalue weighted by molar-refractivity contribution is 5.88. The molecule has 3 aromatic rings. The van der Waals surface area contributed by atoms with Crippen LogP contribution in [-0.2, 0) is 23.2 Å². The number of aromatic nitrogens is 2. The maximum atomic E-state index is 12.7. The first-order valence-corrected chi connectivity index (χ1v) is 9.61. The normalized spacial score (nSPS) is 12.0. The van der Waals surface area contributed by atoms with E-state index in [1.807, 2.05) is 67.9 Å². The third-order valence-corrected chi connectivity index (χ3v) is 4.68. The molecule has 0 saturated heterocycles. The summed E-state index contributed by atoms with van der Waals surface area (Å²) in [5.74, 6) is 0.692. The molecule has 0 saturated carbocycles. The van der Waals surface area contributed by atoms with Crippen molar-refractivity contribution in [1.82, 2.24) is 20.2 Å². The lowest BCUT2D eigenvalue weighted by atomic mass is 10.0. The van der Waals surface area contributed by atoms with Crippen LogP contribution in [0, 0.1) is 5.92 Å². The number of imidazole rings is 1. The van der Waals surface area contributed by atoms with Crippen LogP contribution in [0.2, 0.25) is 0 Å². The summed E-state index contributed by atoms with van der Waals surface area (Å²) in [5, 5.41) is 5.64. The van der Waals surface area contributed by atoms with Crippen molar-refractivity contribution in [3.05, 3.63) is 60.4 Å². The fourth-order valence-corrected chi connectivity index (χ4v) is 3.05. The number of amides is 2. The molecule has 29 heavy (non-hydrogen) atoms. The number of carbonyl (C=O) groups is 2. The summed E-state index contributed by atoms with van der Waals surface area (Å²) >= 11 is 0. The number of hydrogen-bond donors (Lipinski definition) is 2.